The molecule has 1 saturated heterocycles. The normalized spacial score (nSPS) is 19.7. The Balaban J connectivity index is 1.37. The van der Waals surface area contributed by atoms with Crippen molar-refractivity contribution < 1.29 is 52.6 Å². The second kappa shape index (κ2) is 11.1. The zero-order valence-electron chi connectivity index (χ0n) is 22.4. The molecule has 7 N–H and O–H groups in total. The average Bonchev–Trinajstić information content (AvgIpc) is 3.69. The Labute approximate surface area is 242 Å². The molecule has 0 unspecified atom stereocenters. The van der Waals surface area contributed by atoms with Crippen molar-refractivity contribution in [3.63, 3.8) is 0 Å². The van der Waals surface area contributed by atoms with Crippen molar-refractivity contribution in [3.05, 3.63) is 58.7 Å². The largest absolute Gasteiger partial charge is 0.547 e. The molecule has 226 valence electrons. The van der Waals surface area contributed by atoms with Crippen LogP contribution in [0.15, 0.2) is 30.3 Å². The zero-order valence-corrected chi connectivity index (χ0v) is 22.4. The molecule has 17 heteroatoms. The van der Waals surface area contributed by atoms with Crippen molar-refractivity contribution in [2.45, 2.75) is 36.8 Å². The highest BCUT2D eigenvalue weighted by molar-refractivity contribution is 6.47. The monoisotopic (exact) mass is 601 g/mol. The average molecular weight is 601 g/mol. The molecule has 0 spiro atoms. The van der Waals surface area contributed by atoms with Crippen molar-refractivity contribution in [1.29, 1.82) is 0 Å². The van der Waals surface area contributed by atoms with E-state index < -0.39 is 77.3 Å². The predicted molar refractivity (Wildman–Crippen MR) is 141 cm³/mol. The van der Waals surface area contributed by atoms with Crippen molar-refractivity contribution >= 4 is 36.8 Å². The third kappa shape index (κ3) is 5.81. The van der Waals surface area contributed by atoms with E-state index in [2.05, 4.69) is 10.6 Å². The van der Waals surface area contributed by atoms with Crippen LogP contribution in [0.2, 0.25) is 0 Å². The number of carbonyl (C=O) groups is 5. The molecular formula is C26H26BF2N5O9. The fourth-order valence-corrected chi connectivity index (χ4v) is 4.96. The summed E-state index contributed by atoms with van der Waals surface area (Å²) in [4.78, 5) is 65.3. The number of carboxylic acids is 1. The predicted octanol–water partition coefficient (Wildman–Crippen LogP) is -0.579. The lowest BCUT2D eigenvalue weighted by molar-refractivity contribution is -0.154. The van der Waals surface area contributed by atoms with E-state index >= 15 is 0 Å². The number of benzene rings is 2. The Morgan fingerprint density at radius 2 is 1.84 bits per heavy atom. The van der Waals surface area contributed by atoms with Crippen LogP contribution in [0.5, 0.6) is 11.5 Å². The molecule has 3 aliphatic rings. The molecule has 5 amide bonds. The molecule has 43 heavy (non-hydrogen) atoms. The number of amides is 5. The Hall–Kier alpha value is -4.77. The topological polar surface area (TPSA) is 212 Å². The van der Waals surface area contributed by atoms with Crippen molar-refractivity contribution in [2.75, 3.05) is 19.6 Å². The van der Waals surface area contributed by atoms with Gasteiger partial charge >= 0.3 is 30.9 Å². The van der Waals surface area contributed by atoms with Gasteiger partial charge in [-0.2, -0.15) is 4.39 Å². The minimum Gasteiger partial charge on any atom is -0.534 e. The highest BCUT2D eigenvalue weighted by Crippen LogP contribution is 2.34. The van der Waals surface area contributed by atoms with Crippen molar-refractivity contribution in [2.24, 2.45) is 5.73 Å². The molecule has 0 radical (unpaired) electrons. The number of phenols is 1. The number of rotatable bonds is 7. The maximum absolute atomic E-state index is 14.9. The number of carboxylic acid groups (broad SMARTS) is 1. The number of imide groups is 1. The van der Waals surface area contributed by atoms with Crippen LogP contribution < -0.4 is 21.0 Å². The number of nitrogens with two attached hydrogens (primary N) is 1. The van der Waals surface area contributed by atoms with Gasteiger partial charge in [-0.1, -0.05) is 12.1 Å². The number of nitrogens with zero attached hydrogens (tertiary/aromatic N) is 2. The molecule has 2 aromatic rings. The lowest BCUT2D eigenvalue weighted by Crippen LogP contribution is -2.61. The summed E-state index contributed by atoms with van der Waals surface area (Å²) in [5.74, 6) is -10.5. The van der Waals surface area contributed by atoms with Crippen LogP contribution in [0.4, 0.5) is 13.6 Å². The first-order valence-electron chi connectivity index (χ1n) is 13.2. The standard InChI is InChI=1S/C26H26BF2N5O9/c28-17-13(4-5-15(35)18(17)29)19(32-25(41)34-9-8-33(22(37)23(34)38)11-26(30)6-7-26)21(36)31-16-10-12-2-1-3-14(24(39)40)20(12)43-27(16)42/h1-5,16,19,35,42H,6-11,30H2,(H,31,36)(H,32,41)(H,39,40)/t16-,19-/m0/s1. The molecular weight excluding hydrogens is 575 g/mol. The Morgan fingerprint density at radius 1 is 1.12 bits per heavy atom. The van der Waals surface area contributed by atoms with Crippen LogP contribution in [0, 0.1) is 11.6 Å². The van der Waals surface area contributed by atoms with Gasteiger partial charge in [-0.3, -0.25) is 19.3 Å². The first-order chi connectivity index (χ1) is 20.3. The van der Waals surface area contributed by atoms with Gasteiger partial charge in [-0.25, -0.2) is 14.0 Å². The van der Waals surface area contributed by atoms with E-state index in [9.17, 15) is 48.0 Å². The lowest BCUT2D eigenvalue weighted by atomic mass is 9.72. The number of fused-ring (bicyclic) bond motifs is 1. The quantitative estimate of drug-likeness (QED) is 0.176. The molecule has 2 atom stereocenters. The summed E-state index contributed by atoms with van der Waals surface area (Å²) >= 11 is 0. The number of piperazine rings is 1. The molecule has 2 fully saturated rings. The van der Waals surface area contributed by atoms with Crippen LogP contribution >= 0.6 is 0 Å². The van der Waals surface area contributed by atoms with Crippen LogP contribution in [-0.4, -0.2) is 93.0 Å². The van der Waals surface area contributed by atoms with E-state index in [0.717, 1.165) is 12.1 Å². The number of phenolic OH excluding ortho intramolecular Hbond substituents is 1. The summed E-state index contributed by atoms with van der Waals surface area (Å²) in [6.45, 7) is -0.191. The third-order valence-corrected chi connectivity index (χ3v) is 7.56. The molecule has 1 saturated carbocycles. The van der Waals surface area contributed by atoms with E-state index in [1.54, 1.807) is 0 Å². The number of nitrogens with one attached hydrogen (secondary N) is 2. The molecule has 14 nitrogen and oxygen atoms in total. The van der Waals surface area contributed by atoms with Crippen LogP contribution in [-0.2, 0) is 20.8 Å². The zero-order chi connectivity index (χ0) is 31.2. The second-order valence-corrected chi connectivity index (χ2v) is 10.7. The number of carbonyl (C=O) groups excluding carboxylic acids is 4. The SMILES string of the molecule is NC1(CN2CCN(C(=O)N[C@H](C(=O)N[C@H]3Cc4cccc(C(=O)O)c4OB3O)c3ccc(O)c(F)c3F)C(=O)C2=O)CC1. The van der Waals surface area contributed by atoms with Crippen molar-refractivity contribution in [1.82, 2.24) is 20.4 Å². The number of urea groups is 1. The molecule has 2 aliphatic heterocycles. The van der Waals surface area contributed by atoms with Gasteiger partial charge in [-0.15, -0.1) is 0 Å². The van der Waals surface area contributed by atoms with Gasteiger partial charge in [0.2, 0.25) is 11.7 Å². The number of halogens is 2. The first-order valence-corrected chi connectivity index (χ1v) is 13.2. The second-order valence-electron chi connectivity index (χ2n) is 10.7. The van der Waals surface area contributed by atoms with Crippen LogP contribution in [0.3, 0.4) is 0 Å². The van der Waals surface area contributed by atoms with Gasteiger partial charge in [0.05, 0.1) is 11.5 Å². The summed E-state index contributed by atoms with van der Waals surface area (Å²) in [5.41, 5.74) is 4.79. The van der Waals surface area contributed by atoms with Gasteiger partial charge in [-0.05, 0) is 43.0 Å². The lowest BCUT2D eigenvalue weighted by Gasteiger charge is -2.35. The summed E-state index contributed by atoms with van der Waals surface area (Å²) in [7, 11) is -1.78. The van der Waals surface area contributed by atoms with E-state index in [1.165, 1.54) is 23.1 Å². The van der Waals surface area contributed by atoms with Crippen molar-refractivity contribution in [3.8, 4) is 11.5 Å². The Bertz CT molecular complexity index is 1540. The van der Waals surface area contributed by atoms with E-state index in [0.29, 0.717) is 23.3 Å². The molecule has 5 rings (SSSR count). The summed E-state index contributed by atoms with van der Waals surface area (Å²) in [6, 6.07) is 2.47. The highest BCUT2D eigenvalue weighted by Gasteiger charge is 2.45. The van der Waals surface area contributed by atoms with Gasteiger partial charge < -0.3 is 41.2 Å². The third-order valence-electron chi connectivity index (χ3n) is 7.56. The number of hydrogen-bond donors (Lipinski definition) is 6. The first kappa shape index (κ1) is 29.7. The molecule has 1 aliphatic carbocycles. The van der Waals surface area contributed by atoms with E-state index in [4.69, 9.17) is 10.4 Å². The number of aromatic carboxylic acids is 1. The molecule has 0 aromatic heterocycles. The number of hydrogen-bond acceptors (Lipinski definition) is 9. The van der Waals surface area contributed by atoms with Gasteiger partial charge in [0.15, 0.2) is 11.6 Å². The fourth-order valence-electron chi connectivity index (χ4n) is 4.96. The fraction of sp³-hybridized carbons (Fsp3) is 0.346. The molecule has 2 aromatic carbocycles. The van der Waals surface area contributed by atoms with E-state index in [1.807, 2.05) is 0 Å². The molecule has 2 heterocycles. The van der Waals surface area contributed by atoms with Gasteiger partial charge in [0.1, 0.15) is 11.8 Å². The van der Waals surface area contributed by atoms with Crippen LogP contribution in [0.1, 0.15) is 40.4 Å². The minimum absolute atomic E-state index is 0.0423. The summed E-state index contributed by atoms with van der Waals surface area (Å²) in [6.07, 6.45) is 1.20. The maximum atomic E-state index is 14.9. The van der Waals surface area contributed by atoms with Gasteiger partial charge in [0.25, 0.3) is 0 Å². The smallest absolute Gasteiger partial charge is 0.534 e. The van der Waals surface area contributed by atoms with Crippen LogP contribution in [0.25, 0.3) is 0 Å². The molecule has 0 bridgehead atoms. The maximum Gasteiger partial charge on any atom is 0.547 e. The van der Waals surface area contributed by atoms with E-state index in [-0.39, 0.29) is 37.4 Å². The highest BCUT2D eigenvalue weighted by atomic mass is 19.2. The summed E-state index contributed by atoms with van der Waals surface area (Å²) < 4.78 is 34.6. The Kier molecular flexibility index (Phi) is 7.70. The number of aromatic hydroxyl groups is 1. The van der Waals surface area contributed by atoms with Gasteiger partial charge in [0, 0.05) is 30.7 Å². The Morgan fingerprint density at radius 3 is 2.51 bits per heavy atom. The minimum atomic E-state index is -2.03. The number of para-hydroxylation sites is 1. The summed E-state index contributed by atoms with van der Waals surface area (Å²) in [5, 5.41) is 34.0.